The van der Waals surface area contributed by atoms with E-state index in [1.54, 1.807) is 11.3 Å². The Morgan fingerprint density at radius 3 is 2.85 bits per heavy atom. The molecule has 0 aromatic carbocycles. The lowest BCUT2D eigenvalue weighted by Gasteiger charge is -2.20. The third-order valence-corrected chi connectivity index (χ3v) is 4.32. The molecule has 2 aromatic heterocycles. The van der Waals surface area contributed by atoms with Gasteiger partial charge in [-0.25, -0.2) is 9.97 Å². The molecule has 20 heavy (non-hydrogen) atoms. The SMILES string of the molecule is CCNC(C)c1ccnc(N(C)Cc2scnc2C)c1. The molecular weight excluding hydrogens is 268 g/mol. The van der Waals surface area contributed by atoms with Crippen LogP contribution in [0.15, 0.2) is 23.8 Å². The lowest BCUT2D eigenvalue weighted by atomic mass is 10.1. The lowest BCUT2D eigenvalue weighted by Crippen LogP contribution is -2.20. The summed E-state index contributed by atoms with van der Waals surface area (Å²) < 4.78 is 0. The predicted molar refractivity (Wildman–Crippen MR) is 85.3 cm³/mol. The first-order valence-corrected chi connectivity index (χ1v) is 7.79. The average Bonchev–Trinajstić information content (AvgIpc) is 2.85. The van der Waals surface area contributed by atoms with E-state index in [1.165, 1.54) is 10.4 Å². The van der Waals surface area contributed by atoms with Gasteiger partial charge in [0.1, 0.15) is 5.82 Å². The first kappa shape index (κ1) is 14.9. The van der Waals surface area contributed by atoms with E-state index >= 15 is 0 Å². The molecule has 0 aliphatic rings. The first-order valence-electron chi connectivity index (χ1n) is 6.91. The Morgan fingerprint density at radius 1 is 1.40 bits per heavy atom. The van der Waals surface area contributed by atoms with Gasteiger partial charge in [-0.2, -0.15) is 0 Å². The normalized spacial score (nSPS) is 12.4. The van der Waals surface area contributed by atoms with Gasteiger partial charge in [-0.05, 0) is 38.1 Å². The van der Waals surface area contributed by atoms with Crippen LogP contribution in [0.25, 0.3) is 0 Å². The average molecular weight is 290 g/mol. The molecule has 0 amide bonds. The van der Waals surface area contributed by atoms with Crippen molar-refractivity contribution in [2.24, 2.45) is 0 Å². The van der Waals surface area contributed by atoms with Gasteiger partial charge in [0.25, 0.3) is 0 Å². The summed E-state index contributed by atoms with van der Waals surface area (Å²) in [5.41, 5.74) is 4.28. The molecule has 0 fully saturated rings. The maximum Gasteiger partial charge on any atom is 0.128 e. The smallest absolute Gasteiger partial charge is 0.128 e. The number of thiazole rings is 1. The molecule has 1 N–H and O–H groups in total. The molecule has 0 saturated heterocycles. The highest BCUT2D eigenvalue weighted by molar-refractivity contribution is 7.09. The van der Waals surface area contributed by atoms with Crippen molar-refractivity contribution >= 4 is 17.2 Å². The summed E-state index contributed by atoms with van der Waals surface area (Å²) >= 11 is 1.70. The molecule has 2 rings (SSSR count). The van der Waals surface area contributed by atoms with Gasteiger partial charge in [-0.3, -0.25) is 0 Å². The third-order valence-electron chi connectivity index (χ3n) is 3.40. The molecule has 0 aliphatic carbocycles. The topological polar surface area (TPSA) is 41.1 Å². The Hall–Kier alpha value is -1.46. The number of hydrogen-bond donors (Lipinski definition) is 1. The fraction of sp³-hybridized carbons (Fsp3) is 0.467. The van der Waals surface area contributed by atoms with Crippen molar-refractivity contribution < 1.29 is 0 Å². The molecule has 2 aromatic rings. The van der Waals surface area contributed by atoms with Gasteiger partial charge in [0.15, 0.2) is 0 Å². The van der Waals surface area contributed by atoms with Gasteiger partial charge in [0.05, 0.1) is 17.7 Å². The van der Waals surface area contributed by atoms with Crippen LogP contribution in [0.1, 0.15) is 36.0 Å². The van der Waals surface area contributed by atoms with E-state index in [1.807, 2.05) is 11.7 Å². The standard InChI is InChI=1S/C15H22N4S/c1-5-16-11(2)13-6-7-17-15(8-13)19(4)9-14-12(3)18-10-20-14/h6-8,10-11,16H,5,9H2,1-4H3. The van der Waals surface area contributed by atoms with Crippen LogP contribution in [0.4, 0.5) is 5.82 Å². The minimum atomic E-state index is 0.347. The zero-order chi connectivity index (χ0) is 14.5. The van der Waals surface area contributed by atoms with Gasteiger partial charge in [0.2, 0.25) is 0 Å². The monoisotopic (exact) mass is 290 g/mol. The van der Waals surface area contributed by atoms with Crippen LogP contribution in [-0.4, -0.2) is 23.6 Å². The maximum absolute atomic E-state index is 4.47. The Morgan fingerprint density at radius 2 is 2.20 bits per heavy atom. The van der Waals surface area contributed by atoms with E-state index in [-0.39, 0.29) is 0 Å². The van der Waals surface area contributed by atoms with E-state index in [2.05, 4.69) is 60.1 Å². The Labute approximate surface area is 124 Å². The summed E-state index contributed by atoms with van der Waals surface area (Å²) in [5, 5.41) is 3.43. The van der Waals surface area contributed by atoms with E-state index < -0.39 is 0 Å². The molecule has 5 heteroatoms. The van der Waals surface area contributed by atoms with Crippen LogP contribution in [0, 0.1) is 6.92 Å². The zero-order valence-corrected chi connectivity index (χ0v) is 13.4. The van der Waals surface area contributed by atoms with Crippen LogP contribution in [0.5, 0.6) is 0 Å². The van der Waals surface area contributed by atoms with Crippen LogP contribution in [0.3, 0.4) is 0 Å². The van der Waals surface area contributed by atoms with Gasteiger partial charge < -0.3 is 10.2 Å². The number of hydrogen-bond acceptors (Lipinski definition) is 5. The van der Waals surface area contributed by atoms with Crippen molar-refractivity contribution in [2.75, 3.05) is 18.5 Å². The van der Waals surface area contributed by atoms with Crippen LogP contribution in [0.2, 0.25) is 0 Å². The van der Waals surface area contributed by atoms with Crippen molar-refractivity contribution in [3.05, 3.63) is 40.0 Å². The minimum Gasteiger partial charge on any atom is -0.354 e. The summed E-state index contributed by atoms with van der Waals surface area (Å²) in [7, 11) is 2.07. The molecule has 0 saturated carbocycles. The number of aromatic nitrogens is 2. The zero-order valence-electron chi connectivity index (χ0n) is 12.6. The van der Waals surface area contributed by atoms with E-state index in [9.17, 15) is 0 Å². The highest BCUT2D eigenvalue weighted by atomic mass is 32.1. The number of aryl methyl sites for hydroxylation is 1. The molecule has 2 heterocycles. The molecule has 0 aliphatic heterocycles. The quantitative estimate of drug-likeness (QED) is 0.887. The maximum atomic E-state index is 4.47. The summed E-state index contributed by atoms with van der Waals surface area (Å²) in [5.74, 6) is 1.00. The van der Waals surface area contributed by atoms with E-state index in [0.29, 0.717) is 6.04 Å². The molecule has 1 atom stereocenters. The minimum absolute atomic E-state index is 0.347. The van der Waals surface area contributed by atoms with Crippen molar-refractivity contribution in [3.63, 3.8) is 0 Å². The molecule has 1 unspecified atom stereocenters. The fourth-order valence-corrected chi connectivity index (χ4v) is 2.94. The van der Waals surface area contributed by atoms with Crippen molar-refractivity contribution in [3.8, 4) is 0 Å². The number of pyridine rings is 1. The van der Waals surface area contributed by atoms with E-state index in [4.69, 9.17) is 0 Å². The molecule has 108 valence electrons. The molecule has 0 bridgehead atoms. The molecular formula is C15H22N4S. The van der Waals surface area contributed by atoms with Crippen molar-refractivity contribution in [2.45, 2.75) is 33.4 Å². The Balaban J connectivity index is 2.12. The molecule has 0 radical (unpaired) electrons. The van der Waals surface area contributed by atoms with Crippen LogP contribution >= 0.6 is 11.3 Å². The Kier molecular flexibility index (Phi) is 5.09. The summed E-state index contributed by atoms with van der Waals surface area (Å²) in [4.78, 5) is 12.2. The van der Waals surface area contributed by atoms with Gasteiger partial charge in [0, 0.05) is 24.2 Å². The first-order chi connectivity index (χ1) is 9.61. The third kappa shape index (κ3) is 3.55. The van der Waals surface area contributed by atoms with Crippen LogP contribution in [-0.2, 0) is 6.54 Å². The Bertz CT molecular complexity index is 552. The number of nitrogens with one attached hydrogen (secondary N) is 1. The highest BCUT2D eigenvalue weighted by Gasteiger charge is 2.10. The number of anilines is 1. The predicted octanol–water partition coefficient (Wildman–Crippen LogP) is 3.15. The summed E-state index contributed by atoms with van der Waals surface area (Å²) in [6.45, 7) is 8.17. The summed E-state index contributed by atoms with van der Waals surface area (Å²) in [6, 6.07) is 4.58. The lowest BCUT2D eigenvalue weighted by molar-refractivity contribution is 0.597. The van der Waals surface area contributed by atoms with Gasteiger partial charge in [-0.1, -0.05) is 6.92 Å². The second-order valence-electron chi connectivity index (χ2n) is 4.94. The largest absolute Gasteiger partial charge is 0.354 e. The van der Waals surface area contributed by atoms with Gasteiger partial charge in [-0.15, -0.1) is 11.3 Å². The van der Waals surface area contributed by atoms with Crippen molar-refractivity contribution in [1.29, 1.82) is 0 Å². The van der Waals surface area contributed by atoms with Gasteiger partial charge >= 0.3 is 0 Å². The second kappa shape index (κ2) is 6.81. The number of nitrogens with zero attached hydrogens (tertiary/aromatic N) is 3. The highest BCUT2D eigenvalue weighted by Crippen LogP contribution is 2.21. The molecule has 0 spiro atoms. The second-order valence-corrected chi connectivity index (χ2v) is 5.88. The number of rotatable bonds is 6. The van der Waals surface area contributed by atoms with Crippen molar-refractivity contribution in [1.82, 2.24) is 15.3 Å². The van der Waals surface area contributed by atoms with E-state index in [0.717, 1.165) is 24.6 Å². The fourth-order valence-electron chi connectivity index (χ4n) is 2.11. The summed E-state index contributed by atoms with van der Waals surface area (Å²) in [6.07, 6.45) is 1.88. The molecule has 4 nitrogen and oxygen atoms in total. The van der Waals surface area contributed by atoms with Crippen LogP contribution < -0.4 is 10.2 Å².